The molecular weight excluding hydrogens is 230 g/mol. The molecule has 0 spiro atoms. The fourth-order valence-electron chi connectivity index (χ4n) is 1.56. The van der Waals surface area contributed by atoms with Gasteiger partial charge in [-0.1, -0.05) is 0 Å². The molecule has 1 heterocycles. The van der Waals surface area contributed by atoms with Crippen LogP contribution in [0.4, 0.5) is 5.69 Å². The van der Waals surface area contributed by atoms with Crippen LogP contribution in [0.25, 0.3) is 0 Å². The molecule has 0 radical (unpaired) electrons. The van der Waals surface area contributed by atoms with Crippen molar-refractivity contribution in [3.63, 3.8) is 0 Å². The molecule has 0 atom stereocenters. The number of hydrogen-bond acceptors (Lipinski definition) is 4. The van der Waals surface area contributed by atoms with Gasteiger partial charge in [-0.3, -0.25) is 4.79 Å². The minimum Gasteiger partial charge on any atom is -0.399 e. The van der Waals surface area contributed by atoms with Crippen molar-refractivity contribution in [3.8, 4) is 0 Å². The van der Waals surface area contributed by atoms with Crippen LogP contribution in [-0.4, -0.2) is 27.2 Å². The van der Waals surface area contributed by atoms with E-state index >= 15 is 0 Å². The molecule has 0 bridgehead atoms. The van der Waals surface area contributed by atoms with Gasteiger partial charge >= 0.3 is 0 Å². The van der Waals surface area contributed by atoms with E-state index in [1.54, 1.807) is 30.6 Å². The van der Waals surface area contributed by atoms with Crippen molar-refractivity contribution in [1.82, 2.24) is 20.1 Å². The Labute approximate surface area is 105 Å². The quantitative estimate of drug-likeness (QED) is 0.762. The van der Waals surface area contributed by atoms with Gasteiger partial charge in [0, 0.05) is 31.3 Å². The number of nitrogens with two attached hydrogens (primary N) is 1. The van der Waals surface area contributed by atoms with E-state index in [9.17, 15) is 4.79 Å². The van der Waals surface area contributed by atoms with E-state index in [0.29, 0.717) is 24.2 Å². The number of aryl methyl sites for hydroxylation is 1. The second-order valence-corrected chi connectivity index (χ2v) is 3.99. The zero-order chi connectivity index (χ0) is 13.0. The van der Waals surface area contributed by atoms with Gasteiger partial charge in [-0.25, -0.2) is 0 Å². The highest BCUT2D eigenvalue weighted by atomic mass is 16.1. The summed E-state index contributed by atoms with van der Waals surface area (Å²) >= 11 is 0. The number of nitrogens with zero attached hydrogens (tertiary/aromatic N) is 3. The highest BCUT2D eigenvalue weighted by Gasteiger charge is 2.05. The Balaban J connectivity index is 1.85. The molecule has 1 aromatic heterocycles. The van der Waals surface area contributed by atoms with Crippen LogP contribution in [0.3, 0.4) is 0 Å². The topological polar surface area (TPSA) is 85.8 Å². The SMILES string of the molecule is Cn1cnnc1CCNC(=O)c1ccc(N)cc1. The molecule has 1 amide bonds. The maximum atomic E-state index is 11.8. The first-order chi connectivity index (χ1) is 8.66. The van der Waals surface area contributed by atoms with E-state index in [1.807, 2.05) is 11.6 Å². The molecule has 0 fully saturated rings. The van der Waals surface area contributed by atoms with Crippen molar-refractivity contribution < 1.29 is 4.79 Å². The second-order valence-electron chi connectivity index (χ2n) is 3.99. The van der Waals surface area contributed by atoms with Gasteiger partial charge in [0.25, 0.3) is 5.91 Å². The van der Waals surface area contributed by atoms with E-state index in [-0.39, 0.29) is 5.91 Å². The van der Waals surface area contributed by atoms with Crippen LogP contribution in [0, 0.1) is 0 Å². The summed E-state index contributed by atoms with van der Waals surface area (Å²) in [5.41, 5.74) is 6.80. The van der Waals surface area contributed by atoms with Crippen LogP contribution in [0.15, 0.2) is 30.6 Å². The number of hydrogen-bond donors (Lipinski definition) is 2. The fraction of sp³-hybridized carbons (Fsp3) is 0.250. The standard InChI is InChI=1S/C12H15N5O/c1-17-8-15-16-11(17)6-7-14-12(18)9-2-4-10(13)5-3-9/h2-5,8H,6-7,13H2,1H3,(H,14,18). The molecule has 0 aliphatic heterocycles. The average molecular weight is 245 g/mol. The van der Waals surface area contributed by atoms with Crippen molar-refractivity contribution in [1.29, 1.82) is 0 Å². The number of carbonyl (C=O) groups is 1. The first-order valence-electron chi connectivity index (χ1n) is 5.63. The molecule has 18 heavy (non-hydrogen) atoms. The van der Waals surface area contributed by atoms with Crippen molar-refractivity contribution in [2.45, 2.75) is 6.42 Å². The van der Waals surface area contributed by atoms with E-state index in [2.05, 4.69) is 15.5 Å². The molecule has 2 aromatic rings. The Bertz CT molecular complexity index is 532. The van der Waals surface area contributed by atoms with E-state index in [0.717, 1.165) is 5.82 Å². The molecule has 0 saturated carbocycles. The van der Waals surface area contributed by atoms with Crippen molar-refractivity contribution in [2.24, 2.45) is 7.05 Å². The Kier molecular flexibility index (Phi) is 3.57. The number of amides is 1. The molecule has 0 unspecified atom stereocenters. The molecular formula is C12H15N5O. The van der Waals surface area contributed by atoms with Crippen LogP contribution < -0.4 is 11.1 Å². The molecule has 0 saturated heterocycles. The minimum absolute atomic E-state index is 0.114. The number of nitrogens with one attached hydrogen (secondary N) is 1. The van der Waals surface area contributed by atoms with Crippen LogP contribution in [0.1, 0.15) is 16.2 Å². The van der Waals surface area contributed by atoms with Gasteiger partial charge in [-0.05, 0) is 24.3 Å². The average Bonchev–Trinajstić information content (AvgIpc) is 2.76. The predicted octanol–water partition coefficient (Wildman–Crippen LogP) is 0.370. The summed E-state index contributed by atoms with van der Waals surface area (Å²) in [6.07, 6.45) is 2.29. The van der Waals surface area contributed by atoms with Crippen LogP contribution in [-0.2, 0) is 13.5 Å². The maximum absolute atomic E-state index is 11.8. The van der Waals surface area contributed by atoms with Gasteiger partial charge in [0.05, 0.1) is 0 Å². The smallest absolute Gasteiger partial charge is 0.251 e. The third-order valence-electron chi connectivity index (χ3n) is 2.61. The van der Waals surface area contributed by atoms with E-state index in [4.69, 9.17) is 5.73 Å². The lowest BCUT2D eigenvalue weighted by atomic mass is 10.2. The van der Waals surface area contributed by atoms with Crippen LogP contribution >= 0.6 is 0 Å². The Morgan fingerprint density at radius 2 is 2.11 bits per heavy atom. The van der Waals surface area contributed by atoms with E-state index in [1.165, 1.54) is 0 Å². The van der Waals surface area contributed by atoms with Gasteiger partial charge in [-0.2, -0.15) is 0 Å². The van der Waals surface area contributed by atoms with Crippen molar-refractivity contribution in [3.05, 3.63) is 42.0 Å². The number of benzene rings is 1. The zero-order valence-corrected chi connectivity index (χ0v) is 10.1. The third-order valence-corrected chi connectivity index (χ3v) is 2.61. The first kappa shape index (κ1) is 12.1. The Morgan fingerprint density at radius 3 is 2.72 bits per heavy atom. The highest BCUT2D eigenvalue weighted by Crippen LogP contribution is 2.05. The van der Waals surface area contributed by atoms with E-state index < -0.39 is 0 Å². The number of aromatic nitrogens is 3. The van der Waals surface area contributed by atoms with Gasteiger partial charge in [0.1, 0.15) is 12.2 Å². The molecule has 0 aliphatic carbocycles. The zero-order valence-electron chi connectivity index (χ0n) is 10.1. The summed E-state index contributed by atoms with van der Waals surface area (Å²) in [5.74, 6) is 0.727. The van der Waals surface area contributed by atoms with Gasteiger partial charge in [0.2, 0.25) is 0 Å². The number of rotatable bonds is 4. The maximum Gasteiger partial charge on any atom is 0.251 e. The molecule has 1 aromatic carbocycles. The molecule has 6 nitrogen and oxygen atoms in total. The van der Waals surface area contributed by atoms with Crippen molar-refractivity contribution >= 4 is 11.6 Å². The lowest BCUT2D eigenvalue weighted by molar-refractivity contribution is 0.0954. The van der Waals surface area contributed by atoms with Crippen LogP contribution in [0.5, 0.6) is 0 Å². The summed E-state index contributed by atoms with van der Waals surface area (Å²) in [7, 11) is 1.87. The number of carbonyl (C=O) groups excluding carboxylic acids is 1. The largest absolute Gasteiger partial charge is 0.399 e. The predicted molar refractivity (Wildman–Crippen MR) is 67.9 cm³/mol. The van der Waals surface area contributed by atoms with Gasteiger partial charge in [-0.15, -0.1) is 10.2 Å². The molecule has 94 valence electrons. The van der Waals surface area contributed by atoms with Crippen molar-refractivity contribution in [2.75, 3.05) is 12.3 Å². The number of anilines is 1. The summed E-state index contributed by atoms with van der Waals surface area (Å²) in [6, 6.07) is 6.81. The first-order valence-corrected chi connectivity index (χ1v) is 5.63. The Morgan fingerprint density at radius 1 is 1.39 bits per heavy atom. The summed E-state index contributed by atoms with van der Waals surface area (Å²) < 4.78 is 1.83. The lowest BCUT2D eigenvalue weighted by Gasteiger charge is -2.05. The van der Waals surface area contributed by atoms with Gasteiger partial charge in [0.15, 0.2) is 0 Å². The summed E-state index contributed by atoms with van der Waals surface area (Å²) in [4.78, 5) is 11.8. The third kappa shape index (κ3) is 2.85. The van der Waals surface area contributed by atoms with Gasteiger partial charge < -0.3 is 15.6 Å². The molecule has 0 aliphatic rings. The Hall–Kier alpha value is -2.37. The second kappa shape index (κ2) is 5.31. The molecule has 3 N–H and O–H groups in total. The highest BCUT2D eigenvalue weighted by molar-refractivity contribution is 5.94. The molecule has 6 heteroatoms. The van der Waals surface area contributed by atoms with Crippen LogP contribution in [0.2, 0.25) is 0 Å². The minimum atomic E-state index is -0.114. The summed E-state index contributed by atoms with van der Waals surface area (Å²) in [5, 5.41) is 10.5. The summed E-state index contributed by atoms with van der Waals surface area (Å²) in [6.45, 7) is 0.524. The molecule has 2 rings (SSSR count). The monoisotopic (exact) mass is 245 g/mol. The fourth-order valence-corrected chi connectivity index (χ4v) is 1.56. The number of nitrogen functional groups attached to an aromatic ring is 1. The lowest BCUT2D eigenvalue weighted by Crippen LogP contribution is -2.26. The normalized spacial score (nSPS) is 10.3.